The molecule has 0 bridgehead atoms. The summed E-state index contributed by atoms with van der Waals surface area (Å²) in [5, 5.41) is 7.99. The Hall–Kier alpha value is -2.25. The van der Waals surface area contributed by atoms with E-state index in [2.05, 4.69) is 5.32 Å². The second-order valence-electron chi connectivity index (χ2n) is 8.36. The van der Waals surface area contributed by atoms with E-state index in [1.54, 1.807) is 17.9 Å². The third-order valence-electron chi connectivity index (χ3n) is 5.79. The second-order valence-corrected chi connectivity index (χ2v) is 8.36. The Labute approximate surface area is 162 Å². The van der Waals surface area contributed by atoms with Crippen LogP contribution in [0.1, 0.15) is 44.4 Å². The van der Waals surface area contributed by atoms with Crippen LogP contribution in [0.2, 0.25) is 0 Å². The molecule has 0 radical (unpaired) electrons. The van der Waals surface area contributed by atoms with Crippen LogP contribution in [0.5, 0.6) is 0 Å². The van der Waals surface area contributed by atoms with Crippen molar-refractivity contribution in [3.63, 3.8) is 0 Å². The highest BCUT2D eigenvalue weighted by Crippen LogP contribution is 2.38. The minimum absolute atomic E-state index is 0.00221. The predicted molar refractivity (Wildman–Crippen MR) is 99.7 cm³/mol. The third kappa shape index (κ3) is 3.82. The molecule has 1 aromatic heterocycles. The Morgan fingerprint density at radius 2 is 2.14 bits per heavy atom. The molecule has 1 aliphatic heterocycles. The molecule has 1 unspecified atom stereocenters. The van der Waals surface area contributed by atoms with Crippen molar-refractivity contribution in [2.24, 2.45) is 5.92 Å². The zero-order valence-corrected chi connectivity index (χ0v) is 16.1. The lowest BCUT2D eigenvalue weighted by Gasteiger charge is -2.33. The summed E-state index contributed by atoms with van der Waals surface area (Å²) in [6.45, 7) is 5.22. The summed E-state index contributed by atoms with van der Waals surface area (Å²) in [6.07, 6.45) is 2.93. The quantitative estimate of drug-likeness (QED) is 0.845. The van der Waals surface area contributed by atoms with Gasteiger partial charge in [-0.2, -0.15) is 18.3 Å². The van der Waals surface area contributed by atoms with Crippen LogP contribution in [-0.4, -0.2) is 38.8 Å². The molecule has 1 saturated carbocycles. The first-order chi connectivity index (χ1) is 13.1. The fraction of sp³-hybridized carbons (Fsp3) is 0.600. The van der Waals surface area contributed by atoms with Crippen LogP contribution in [0.4, 0.5) is 19.0 Å². The lowest BCUT2D eigenvalue weighted by Crippen LogP contribution is -2.38. The van der Waals surface area contributed by atoms with Gasteiger partial charge in [0.05, 0.1) is 12.1 Å². The van der Waals surface area contributed by atoms with E-state index in [0.717, 1.165) is 30.3 Å². The average molecular weight is 394 g/mol. The summed E-state index contributed by atoms with van der Waals surface area (Å²) in [4.78, 5) is 13.6. The number of alkyl halides is 3. The highest BCUT2D eigenvalue weighted by Gasteiger charge is 2.40. The first-order valence-electron chi connectivity index (χ1n) is 9.72. The van der Waals surface area contributed by atoms with Crippen LogP contribution in [0, 0.1) is 5.92 Å². The maximum atomic E-state index is 13.2. The highest BCUT2D eigenvalue weighted by atomic mass is 19.4. The van der Waals surface area contributed by atoms with Crippen molar-refractivity contribution in [3.8, 4) is 0 Å². The van der Waals surface area contributed by atoms with Gasteiger partial charge in [-0.15, -0.1) is 0 Å². The fourth-order valence-corrected chi connectivity index (χ4v) is 4.00. The molecular weight excluding hydrogens is 369 g/mol. The van der Waals surface area contributed by atoms with Crippen molar-refractivity contribution >= 4 is 11.7 Å². The van der Waals surface area contributed by atoms with Crippen LogP contribution >= 0.6 is 0 Å². The number of amides is 1. The molecule has 0 spiro atoms. The Kier molecular flexibility index (Phi) is 4.55. The molecule has 1 fully saturated rings. The van der Waals surface area contributed by atoms with Crippen molar-refractivity contribution < 1.29 is 18.0 Å². The Bertz CT molecular complexity index is 850. The van der Waals surface area contributed by atoms with Gasteiger partial charge in [0.15, 0.2) is 5.82 Å². The van der Waals surface area contributed by atoms with E-state index < -0.39 is 17.3 Å². The molecular formula is C20H25F3N4O. The number of allylic oxidation sites excluding steroid dienone is 2. The first-order valence-corrected chi connectivity index (χ1v) is 9.72. The van der Waals surface area contributed by atoms with Crippen LogP contribution < -0.4 is 5.32 Å². The van der Waals surface area contributed by atoms with Gasteiger partial charge in [-0.1, -0.05) is 18.2 Å². The summed E-state index contributed by atoms with van der Waals surface area (Å²) >= 11 is 0. The van der Waals surface area contributed by atoms with Gasteiger partial charge >= 0.3 is 6.18 Å². The summed E-state index contributed by atoms with van der Waals surface area (Å²) in [6, 6.07) is 0. The van der Waals surface area contributed by atoms with Gasteiger partial charge < -0.3 is 10.2 Å². The normalized spacial score (nSPS) is 24.8. The van der Waals surface area contributed by atoms with Crippen molar-refractivity contribution in [3.05, 3.63) is 35.1 Å². The number of nitrogens with zero attached hydrogens (tertiary/aromatic N) is 3. The fourth-order valence-electron chi connectivity index (χ4n) is 4.00. The summed E-state index contributed by atoms with van der Waals surface area (Å²) in [5.74, 6) is 1.22. The first kappa shape index (κ1) is 19.1. The van der Waals surface area contributed by atoms with E-state index in [4.69, 9.17) is 5.10 Å². The number of nitrogens with one attached hydrogen (secondary N) is 1. The lowest BCUT2D eigenvalue weighted by atomic mass is 9.87. The van der Waals surface area contributed by atoms with Crippen LogP contribution in [0.15, 0.2) is 23.8 Å². The third-order valence-corrected chi connectivity index (χ3v) is 5.79. The average Bonchev–Trinajstić information content (AvgIpc) is 3.37. The van der Waals surface area contributed by atoms with Crippen LogP contribution in [0.25, 0.3) is 0 Å². The molecule has 1 N–H and O–H groups in total. The minimum atomic E-state index is -4.34. The van der Waals surface area contributed by atoms with Gasteiger partial charge in [-0.3, -0.25) is 9.48 Å². The number of hydrogen-bond donors (Lipinski definition) is 1. The van der Waals surface area contributed by atoms with E-state index in [1.807, 2.05) is 4.68 Å². The molecule has 2 heterocycles. The van der Waals surface area contributed by atoms with Crippen molar-refractivity contribution in [1.29, 1.82) is 0 Å². The zero-order valence-electron chi connectivity index (χ0n) is 16.1. The van der Waals surface area contributed by atoms with Gasteiger partial charge in [-0.05, 0) is 25.7 Å². The molecule has 1 amide bonds. The SMILES string of the molecule is CC(=O)N1CCc2c(c(NC3(C)C=CC=C(C(F)(F)F)C3)nn2CC2CC2)C1. The highest BCUT2D eigenvalue weighted by molar-refractivity contribution is 5.74. The molecule has 4 rings (SSSR count). The van der Waals surface area contributed by atoms with Crippen LogP contribution in [-0.2, 0) is 24.3 Å². The topological polar surface area (TPSA) is 50.2 Å². The predicted octanol–water partition coefficient (Wildman–Crippen LogP) is 3.82. The molecule has 28 heavy (non-hydrogen) atoms. The van der Waals surface area contributed by atoms with E-state index in [1.165, 1.54) is 25.8 Å². The van der Waals surface area contributed by atoms with E-state index in [-0.39, 0.29) is 12.3 Å². The standard InChI is InChI=1S/C20H25F3N4O/c1-13(28)26-9-7-17-16(12-26)18(25-27(17)11-14-5-6-14)24-19(2)8-3-4-15(10-19)20(21,22)23/h3-4,8,14H,5-7,9-12H2,1-2H3,(H,24,25). The smallest absolute Gasteiger partial charge is 0.359 e. The molecule has 5 nitrogen and oxygen atoms in total. The van der Waals surface area contributed by atoms with E-state index in [0.29, 0.717) is 24.8 Å². The lowest BCUT2D eigenvalue weighted by molar-refractivity contribution is -0.129. The number of aromatic nitrogens is 2. The number of halogens is 3. The second kappa shape index (κ2) is 6.67. The molecule has 3 aliphatic rings. The zero-order chi connectivity index (χ0) is 20.1. The van der Waals surface area contributed by atoms with Crippen molar-refractivity contribution in [2.75, 3.05) is 11.9 Å². The molecule has 8 heteroatoms. The number of fused-ring (bicyclic) bond motifs is 1. The van der Waals surface area contributed by atoms with Crippen LogP contribution in [0.3, 0.4) is 0 Å². The number of anilines is 1. The molecule has 2 aliphatic carbocycles. The van der Waals surface area contributed by atoms with E-state index in [9.17, 15) is 18.0 Å². The van der Waals surface area contributed by atoms with Crippen molar-refractivity contribution in [1.82, 2.24) is 14.7 Å². The number of rotatable bonds is 4. The maximum Gasteiger partial charge on any atom is 0.412 e. The molecule has 0 aromatic carbocycles. The number of hydrogen-bond acceptors (Lipinski definition) is 3. The van der Waals surface area contributed by atoms with Gasteiger partial charge in [-0.25, -0.2) is 0 Å². The summed E-state index contributed by atoms with van der Waals surface area (Å²) in [7, 11) is 0. The van der Waals surface area contributed by atoms with E-state index >= 15 is 0 Å². The van der Waals surface area contributed by atoms with Crippen molar-refractivity contribution in [2.45, 2.75) is 64.3 Å². The Balaban J connectivity index is 1.62. The molecule has 0 saturated heterocycles. The van der Waals surface area contributed by atoms with Gasteiger partial charge in [0.1, 0.15) is 0 Å². The summed E-state index contributed by atoms with van der Waals surface area (Å²) in [5.41, 5.74) is 0.591. The Morgan fingerprint density at radius 1 is 1.39 bits per heavy atom. The number of carbonyl (C=O) groups excluding carboxylic acids is 1. The monoisotopic (exact) mass is 394 g/mol. The molecule has 1 aromatic rings. The van der Waals surface area contributed by atoms with Gasteiger partial charge in [0.2, 0.25) is 5.91 Å². The number of carbonyl (C=O) groups is 1. The summed E-state index contributed by atoms with van der Waals surface area (Å²) < 4.78 is 41.6. The molecule has 1 atom stereocenters. The van der Waals surface area contributed by atoms with Gasteiger partial charge in [0.25, 0.3) is 0 Å². The molecule has 152 valence electrons. The minimum Gasteiger partial charge on any atom is -0.359 e. The largest absolute Gasteiger partial charge is 0.412 e. The Morgan fingerprint density at radius 3 is 2.79 bits per heavy atom. The maximum absolute atomic E-state index is 13.2. The van der Waals surface area contributed by atoms with Gasteiger partial charge in [0, 0.05) is 49.7 Å².